The van der Waals surface area contributed by atoms with E-state index in [0.717, 1.165) is 10.9 Å². The molecule has 1 N–H and O–H groups in total. The second-order valence-electron chi connectivity index (χ2n) is 6.00. The van der Waals surface area contributed by atoms with Crippen molar-refractivity contribution < 1.29 is 27.2 Å². The van der Waals surface area contributed by atoms with E-state index < -0.39 is 15.8 Å². The van der Waals surface area contributed by atoms with Crippen LogP contribution >= 0.6 is 0 Å². The molecule has 0 saturated heterocycles. The number of nitrogens with one attached hydrogen (secondary N) is 1. The highest BCUT2D eigenvalue weighted by Gasteiger charge is 2.17. The fourth-order valence-corrected chi connectivity index (χ4v) is 3.74. The van der Waals surface area contributed by atoms with E-state index in [1.54, 1.807) is 30.5 Å². The van der Waals surface area contributed by atoms with Crippen LogP contribution in [0.3, 0.4) is 0 Å². The number of amides is 1. The Morgan fingerprint density at radius 3 is 2.61 bits per heavy atom. The largest absolute Gasteiger partial charge is 0.469 e. The van der Waals surface area contributed by atoms with Crippen LogP contribution in [0, 0.1) is 0 Å². The maximum absolute atomic E-state index is 12.2. The monoisotopic (exact) mass is 402 g/mol. The van der Waals surface area contributed by atoms with Crippen molar-refractivity contribution in [3.8, 4) is 0 Å². The quantitative estimate of drug-likeness (QED) is 0.602. The van der Waals surface area contributed by atoms with Gasteiger partial charge in [-0.25, -0.2) is 8.42 Å². The predicted molar refractivity (Wildman–Crippen MR) is 100 cm³/mol. The number of rotatable bonds is 7. The van der Waals surface area contributed by atoms with Crippen molar-refractivity contribution >= 4 is 32.7 Å². The minimum Gasteiger partial charge on any atom is -0.469 e. The van der Waals surface area contributed by atoms with E-state index >= 15 is 0 Å². The molecule has 0 radical (unpaired) electrons. The van der Waals surface area contributed by atoms with Crippen LogP contribution in [-0.2, 0) is 25.9 Å². The molecule has 146 valence electrons. The standard InChI is InChI=1S/C19H18N2O6S/c1-26-18(22)7-9-28(24,25)15-4-2-13(3-5-15)11-21-19(23)16-10-14-6-8-20-12-17(14)27-16/h2-6,8,10,12H,7,9,11H2,1H3,(H,21,23). The third-order valence-corrected chi connectivity index (χ3v) is 5.82. The molecule has 1 aromatic carbocycles. The third kappa shape index (κ3) is 4.55. The summed E-state index contributed by atoms with van der Waals surface area (Å²) in [5.74, 6) is -1.11. The summed E-state index contributed by atoms with van der Waals surface area (Å²) in [6.07, 6.45) is 2.94. The molecule has 8 nitrogen and oxygen atoms in total. The molecule has 0 aliphatic heterocycles. The Morgan fingerprint density at radius 2 is 1.93 bits per heavy atom. The van der Waals surface area contributed by atoms with E-state index in [-0.39, 0.29) is 35.3 Å². The van der Waals surface area contributed by atoms with Crippen molar-refractivity contribution in [1.82, 2.24) is 10.3 Å². The molecule has 0 spiro atoms. The number of methoxy groups -OCH3 is 1. The van der Waals surface area contributed by atoms with E-state index in [0.29, 0.717) is 5.58 Å². The van der Waals surface area contributed by atoms with Gasteiger partial charge in [0.15, 0.2) is 21.2 Å². The zero-order valence-electron chi connectivity index (χ0n) is 15.0. The van der Waals surface area contributed by atoms with Crippen LogP contribution in [0.1, 0.15) is 22.5 Å². The molecule has 1 amide bonds. The molecule has 28 heavy (non-hydrogen) atoms. The Labute approximate surface area is 161 Å². The second kappa shape index (κ2) is 8.22. The number of aromatic nitrogens is 1. The number of carbonyl (C=O) groups is 2. The van der Waals surface area contributed by atoms with Crippen molar-refractivity contribution in [2.45, 2.75) is 17.9 Å². The van der Waals surface area contributed by atoms with Crippen LogP contribution in [0.25, 0.3) is 11.0 Å². The maximum Gasteiger partial charge on any atom is 0.306 e. The van der Waals surface area contributed by atoms with Crippen molar-refractivity contribution in [2.24, 2.45) is 0 Å². The van der Waals surface area contributed by atoms with Crippen LogP contribution in [0.4, 0.5) is 0 Å². The van der Waals surface area contributed by atoms with Crippen molar-refractivity contribution in [2.75, 3.05) is 12.9 Å². The lowest BCUT2D eigenvalue weighted by atomic mass is 10.2. The molecule has 0 aliphatic rings. The second-order valence-corrected chi connectivity index (χ2v) is 8.10. The molecule has 0 unspecified atom stereocenters. The molecule has 2 heterocycles. The number of hydrogen-bond donors (Lipinski definition) is 1. The summed E-state index contributed by atoms with van der Waals surface area (Å²) in [6, 6.07) is 9.47. The predicted octanol–water partition coefficient (Wildman–Crippen LogP) is 2.09. The average molecular weight is 402 g/mol. The lowest BCUT2D eigenvalue weighted by molar-refractivity contribution is -0.140. The van der Waals surface area contributed by atoms with Gasteiger partial charge in [0.05, 0.1) is 30.4 Å². The number of esters is 1. The number of fused-ring (bicyclic) bond motifs is 1. The zero-order chi connectivity index (χ0) is 20.1. The molecule has 0 saturated carbocycles. The van der Waals surface area contributed by atoms with Crippen molar-refractivity contribution in [3.05, 3.63) is 60.1 Å². The highest BCUT2D eigenvalue weighted by Crippen LogP contribution is 2.18. The van der Waals surface area contributed by atoms with Gasteiger partial charge in [0.1, 0.15) is 0 Å². The normalized spacial score (nSPS) is 11.3. The summed E-state index contributed by atoms with van der Waals surface area (Å²) in [5.41, 5.74) is 1.24. The molecule has 0 fully saturated rings. The number of carbonyl (C=O) groups excluding carboxylic acids is 2. The third-order valence-electron chi connectivity index (χ3n) is 4.08. The van der Waals surface area contributed by atoms with Gasteiger partial charge in [0, 0.05) is 18.1 Å². The first-order chi connectivity index (χ1) is 13.4. The van der Waals surface area contributed by atoms with Gasteiger partial charge in [-0.2, -0.15) is 0 Å². The molecule has 0 aliphatic carbocycles. The van der Waals surface area contributed by atoms with Gasteiger partial charge in [0.2, 0.25) is 0 Å². The van der Waals surface area contributed by atoms with Gasteiger partial charge in [-0.15, -0.1) is 0 Å². The van der Waals surface area contributed by atoms with Gasteiger partial charge in [-0.1, -0.05) is 12.1 Å². The van der Waals surface area contributed by atoms with Crippen LogP contribution < -0.4 is 5.32 Å². The highest BCUT2D eigenvalue weighted by atomic mass is 32.2. The van der Waals surface area contributed by atoms with E-state index in [9.17, 15) is 18.0 Å². The molecule has 3 rings (SSSR count). The Hall–Kier alpha value is -3.20. The summed E-state index contributed by atoms with van der Waals surface area (Å²) < 4.78 is 34.3. The van der Waals surface area contributed by atoms with Gasteiger partial charge in [-0.05, 0) is 29.8 Å². The van der Waals surface area contributed by atoms with Crippen molar-refractivity contribution in [3.63, 3.8) is 0 Å². The minimum absolute atomic E-state index is 0.108. The number of pyridine rings is 1. The topological polar surface area (TPSA) is 116 Å². The van der Waals surface area contributed by atoms with Crippen LogP contribution in [0.2, 0.25) is 0 Å². The van der Waals surface area contributed by atoms with Crippen LogP contribution in [0.5, 0.6) is 0 Å². The lowest BCUT2D eigenvalue weighted by Gasteiger charge is -2.06. The summed E-state index contributed by atoms with van der Waals surface area (Å²) in [7, 11) is -2.37. The summed E-state index contributed by atoms with van der Waals surface area (Å²) in [6.45, 7) is 0.205. The number of hydrogen-bond acceptors (Lipinski definition) is 7. The van der Waals surface area contributed by atoms with Gasteiger partial charge in [-0.3, -0.25) is 14.6 Å². The summed E-state index contributed by atoms with van der Waals surface area (Å²) in [5, 5.41) is 3.50. The molecule has 3 aromatic rings. The summed E-state index contributed by atoms with van der Waals surface area (Å²) >= 11 is 0. The Balaban J connectivity index is 1.61. The minimum atomic E-state index is -3.58. The average Bonchev–Trinajstić information content (AvgIpc) is 3.15. The van der Waals surface area contributed by atoms with Crippen molar-refractivity contribution in [1.29, 1.82) is 0 Å². The lowest BCUT2D eigenvalue weighted by Crippen LogP contribution is -2.22. The Morgan fingerprint density at radius 1 is 1.18 bits per heavy atom. The van der Waals surface area contributed by atoms with Crippen LogP contribution in [0.15, 0.2) is 58.1 Å². The van der Waals surface area contributed by atoms with E-state index in [4.69, 9.17) is 4.42 Å². The fourth-order valence-electron chi connectivity index (χ4n) is 2.52. The number of benzene rings is 1. The maximum atomic E-state index is 12.2. The molecule has 0 bridgehead atoms. The summed E-state index contributed by atoms with van der Waals surface area (Å²) in [4.78, 5) is 27.4. The van der Waals surface area contributed by atoms with E-state index in [1.165, 1.54) is 25.4 Å². The number of ether oxygens (including phenoxy) is 1. The first-order valence-electron chi connectivity index (χ1n) is 8.39. The number of furan rings is 1. The smallest absolute Gasteiger partial charge is 0.306 e. The number of nitrogens with zero attached hydrogens (tertiary/aromatic N) is 1. The fraction of sp³-hybridized carbons (Fsp3) is 0.211. The van der Waals surface area contributed by atoms with Gasteiger partial charge >= 0.3 is 5.97 Å². The molecular weight excluding hydrogens is 384 g/mol. The van der Waals surface area contributed by atoms with E-state index in [2.05, 4.69) is 15.0 Å². The van der Waals surface area contributed by atoms with Gasteiger partial charge in [0.25, 0.3) is 5.91 Å². The Bertz CT molecular complexity index is 1070. The first kappa shape index (κ1) is 19.6. The zero-order valence-corrected chi connectivity index (χ0v) is 15.9. The Kier molecular flexibility index (Phi) is 5.74. The van der Waals surface area contributed by atoms with Gasteiger partial charge < -0.3 is 14.5 Å². The SMILES string of the molecule is COC(=O)CCS(=O)(=O)c1ccc(CNC(=O)c2cc3ccncc3o2)cc1. The molecular formula is C19H18N2O6S. The molecule has 0 atom stereocenters. The molecule has 2 aromatic heterocycles. The van der Waals surface area contributed by atoms with Crippen LogP contribution in [-0.4, -0.2) is 38.1 Å². The highest BCUT2D eigenvalue weighted by molar-refractivity contribution is 7.91. The first-order valence-corrected chi connectivity index (χ1v) is 10.0. The number of sulfone groups is 1. The molecule has 9 heteroatoms. The van der Waals surface area contributed by atoms with E-state index in [1.807, 2.05) is 0 Å².